The smallest absolute Gasteiger partial charge is 0.131 e. The SMILES string of the molecule is Cc1c(F)cc(Cc2c(F)cc(-c3ccc(C4CCC(C)CO4)cc3F)cc2F)cc1F. The molecule has 4 rings (SSSR count). The molecular weight excluding hydrogens is 423 g/mol. The number of ether oxygens (including phenoxy) is 1. The lowest BCUT2D eigenvalue weighted by Gasteiger charge is -2.27. The van der Waals surface area contributed by atoms with E-state index in [4.69, 9.17) is 4.74 Å². The standard InChI is InChI=1S/C26H23F5O/c1-14-3-6-26(32-13-14)17-4-5-19(23(29)10-17)18-11-24(30)20(25(31)12-18)7-16-8-21(27)15(2)22(28)9-16/h4-5,8-12,14,26H,3,6-7,13H2,1-2H3. The van der Waals surface area contributed by atoms with Crippen LogP contribution in [0, 0.1) is 41.9 Å². The average molecular weight is 446 g/mol. The monoisotopic (exact) mass is 446 g/mol. The first-order valence-corrected chi connectivity index (χ1v) is 10.6. The normalized spacial score (nSPS) is 18.7. The molecule has 0 radical (unpaired) electrons. The highest BCUT2D eigenvalue weighted by atomic mass is 19.1. The second-order valence-electron chi connectivity index (χ2n) is 8.52. The fraction of sp³-hybridized carbons (Fsp3) is 0.308. The number of hydrogen-bond acceptors (Lipinski definition) is 1. The molecular formula is C26H23F5O. The summed E-state index contributed by atoms with van der Waals surface area (Å²) in [4.78, 5) is 0. The lowest BCUT2D eigenvalue weighted by Crippen LogP contribution is -2.18. The molecule has 0 N–H and O–H groups in total. The van der Waals surface area contributed by atoms with E-state index in [-0.39, 0.29) is 40.3 Å². The fourth-order valence-corrected chi connectivity index (χ4v) is 4.04. The zero-order valence-corrected chi connectivity index (χ0v) is 17.8. The molecule has 32 heavy (non-hydrogen) atoms. The zero-order valence-electron chi connectivity index (χ0n) is 17.8. The van der Waals surface area contributed by atoms with Gasteiger partial charge in [0.2, 0.25) is 0 Å². The van der Waals surface area contributed by atoms with Gasteiger partial charge in [-0.1, -0.05) is 19.1 Å². The predicted octanol–water partition coefficient (Wildman–Crippen LogP) is 7.44. The molecule has 2 atom stereocenters. The molecule has 0 aromatic heterocycles. The summed E-state index contributed by atoms with van der Waals surface area (Å²) in [6.45, 7) is 3.99. The minimum Gasteiger partial charge on any atom is -0.373 e. The Morgan fingerprint density at radius 3 is 2.03 bits per heavy atom. The summed E-state index contributed by atoms with van der Waals surface area (Å²) in [5, 5.41) is 0. The van der Waals surface area contributed by atoms with E-state index in [1.165, 1.54) is 19.1 Å². The molecule has 2 unspecified atom stereocenters. The Morgan fingerprint density at radius 1 is 0.812 bits per heavy atom. The van der Waals surface area contributed by atoms with Crippen molar-refractivity contribution in [1.82, 2.24) is 0 Å². The third-order valence-corrected chi connectivity index (χ3v) is 6.04. The lowest BCUT2D eigenvalue weighted by atomic mass is 9.93. The molecule has 3 aromatic rings. The molecule has 3 aromatic carbocycles. The summed E-state index contributed by atoms with van der Waals surface area (Å²) in [6, 6.07) is 8.73. The first-order chi connectivity index (χ1) is 15.2. The molecule has 0 spiro atoms. The van der Waals surface area contributed by atoms with E-state index < -0.39 is 29.1 Å². The maximum Gasteiger partial charge on any atom is 0.131 e. The Kier molecular flexibility index (Phi) is 6.33. The molecule has 0 aliphatic carbocycles. The number of benzene rings is 3. The molecule has 1 fully saturated rings. The van der Waals surface area contributed by atoms with Gasteiger partial charge in [-0.05, 0) is 72.7 Å². The van der Waals surface area contributed by atoms with Gasteiger partial charge < -0.3 is 4.74 Å². The van der Waals surface area contributed by atoms with Crippen LogP contribution in [0.15, 0.2) is 42.5 Å². The molecule has 0 bridgehead atoms. The van der Waals surface area contributed by atoms with Crippen molar-refractivity contribution in [3.63, 3.8) is 0 Å². The highest BCUT2D eigenvalue weighted by molar-refractivity contribution is 5.65. The topological polar surface area (TPSA) is 9.23 Å². The van der Waals surface area contributed by atoms with Crippen LogP contribution in [-0.2, 0) is 11.2 Å². The molecule has 1 aliphatic rings. The van der Waals surface area contributed by atoms with Crippen LogP contribution in [0.4, 0.5) is 22.0 Å². The van der Waals surface area contributed by atoms with Crippen LogP contribution in [0.25, 0.3) is 11.1 Å². The van der Waals surface area contributed by atoms with Gasteiger partial charge in [0.25, 0.3) is 0 Å². The first-order valence-electron chi connectivity index (χ1n) is 10.6. The van der Waals surface area contributed by atoms with Crippen LogP contribution in [0.5, 0.6) is 0 Å². The summed E-state index contributed by atoms with van der Waals surface area (Å²) in [5.74, 6) is -3.51. The van der Waals surface area contributed by atoms with Crippen molar-refractivity contribution < 1.29 is 26.7 Å². The summed E-state index contributed by atoms with van der Waals surface area (Å²) in [7, 11) is 0. The van der Waals surface area contributed by atoms with Gasteiger partial charge in [0.1, 0.15) is 29.1 Å². The van der Waals surface area contributed by atoms with Crippen LogP contribution in [-0.4, -0.2) is 6.61 Å². The van der Waals surface area contributed by atoms with E-state index in [0.717, 1.165) is 37.1 Å². The molecule has 1 heterocycles. The van der Waals surface area contributed by atoms with Gasteiger partial charge in [0.05, 0.1) is 6.10 Å². The zero-order chi connectivity index (χ0) is 23.0. The largest absolute Gasteiger partial charge is 0.373 e. The Morgan fingerprint density at radius 2 is 1.47 bits per heavy atom. The third-order valence-electron chi connectivity index (χ3n) is 6.04. The van der Waals surface area contributed by atoms with Crippen molar-refractivity contribution in [2.45, 2.75) is 39.2 Å². The number of hydrogen-bond donors (Lipinski definition) is 0. The van der Waals surface area contributed by atoms with Crippen molar-refractivity contribution >= 4 is 0 Å². The van der Waals surface area contributed by atoms with E-state index >= 15 is 0 Å². The molecule has 0 amide bonds. The Bertz CT molecular complexity index is 1100. The molecule has 1 aliphatic heterocycles. The predicted molar refractivity (Wildman–Crippen MR) is 113 cm³/mol. The van der Waals surface area contributed by atoms with Crippen LogP contribution >= 0.6 is 0 Å². The van der Waals surface area contributed by atoms with E-state index in [2.05, 4.69) is 6.92 Å². The Balaban J connectivity index is 1.60. The average Bonchev–Trinajstić information content (AvgIpc) is 2.75. The summed E-state index contributed by atoms with van der Waals surface area (Å²) < 4.78 is 77.6. The van der Waals surface area contributed by atoms with Crippen LogP contribution in [0.1, 0.15) is 48.1 Å². The molecule has 168 valence electrons. The van der Waals surface area contributed by atoms with E-state index in [9.17, 15) is 22.0 Å². The van der Waals surface area contributed by atoms with Crippen molar-refractivity contribution in [2.75, 3.05) is 6.61 Å². The van der Waals surface area contributed by atoms with Crippen molar-refractivity contribution in [3.05, 3.63) is 93.8 Å². The highest BCUT2D eigenvalue weighted by Gasteiger charge is 2.22. The summed E-state index contributed by atoms with van der Waals surface area (Å²) in [5.41, 5.74) is 0.421. The summed E-state index contributed by atoms with van der Waals surface area (Å²) >= 11 is 0. The molecule has 1 nitrogen and oxygen atoms in total. The second-order valence-corrected chi connectivity index (χ2v) is 8.52. The van der Waals surface area contributed by atoms with E-state index in [0.29, 0.717) is 18.1 Å². The quantitative estimate of drug-likeness (QED) is 0.379. The number of rotatable bonds is 4. The van der Waals surface area contributed by atoms with Crippen LogP contribution in [0.2, 0.25) is 0 Å². The van der Waals surface area contributed by atoms with Crippen molar-refractivity contribution in [2.24, 2.45) is 5.92 Å². The molecule has 1 saturated heterocycles. The Labute approximate surface area is 183 Å². The number of halogens is 5. The van der Waals surface area contributed by atoms with Crippen molar-refractivity contribution in [1.29, 1.82) is 0 Å². The third kappa shape index (κ3) is 4.56. The highest BCUT2D eigenvalue weighted by Crippen LogP contribution is 2.34. The van der Waals surface area contributed by atoms with E-state index in [1.807, 2.05) is 0 Å². The molecule has 0 saturated carbocycles. The second kappa shape index (κ2) is 9.02. The summed E-state index contributed by atoms with van der Waals surface area (Å²) in [6.07, 6.45) is 1.25. The van der Waals surface area contributed by atoms with Crippen molar-refractivity contribution in [3.8, 4) is 11.1 Å². The van der Waals surface area contributed by atoms with Crippen LogP contribution in [0.3, 0.4) is 0 Å². The van der Waals surface area contributed by atoms with Crippen LogP contribution < -0.4 is 0 Å². The van der Waals surface area contributed by atoms with Gasteiger partial charge in [0, 0.05) is 29.7 Å². The fourth-order valence-electron chi connectivity index (χ4n) is 4.04. The lowest BCUT2D eigenvalue weighted by molar-refractivity contribution is -0.0125. The molecule has 6 heteroatoms. The van der Waals surface area contributed by atoms with Gasteiger partial charge >= 0.3 is 0 Å². The van der Waals surface area contributed by atoms with Gasteiger partial charge in [-0.15, -0.1) is 0 Å². The van der Waals surface area contributed by atoms with Gasteiger partial charge in [-0.3, -0.25) is 0 Å². The van der Waals surface area contributed by atoms with Gasteiger partial charge in [-0.2, -0.15) is 0 Å². The van der Waals surface area contributed by atoms with E-state index in [1.54, 1.807) is 6.07 Å². The minimum atomic E-state index is -0.908. The first kappa shape index (κ1) is 22.5. The maximum absolute atomic E-state index is 14.8. The van der Waals surface area contributed by atoms with Gasteiger partial charge in [0.15, 0.2) is 0 Å². The van der Waals surface area contributed by atoms with Gasteiger partial charge in [-0.25, -0.2) is 22.0 Å². The Hall–Kier alpha value is -2.73. The maximum atomic E-state index is 14.8. The minimum absolute atomic E-state index is 0.0484.